The predicted molar refractivity (Wildman–Crippen MR) is 88.4 cm³/mol. The molecule has 1 unspecified atom stereocenters. The van der Waals surface area contributed by atoms with Gasteiger partial charge in [0.15, 0.2) is 0 Å². The Morgan fingerprint density at radius 3 is 2.80 bits per heavy atom. The molecule has 0 spiro atoms. The van der Waals surface area contributed by atoms with Crippen molar-refractivity contribution in [1.29, 1.82) is 0 Å². The van der Waals surface area contributed by atoms with Crippen molar-refractivity contribution < 1.29 is 5.11 Å². The normalized spacial score (nSPS) is 22.2. The Morgan fingerprint density at radius 1 is 1.20 bits per heavy atom. The summed E-state index contributed by atoms with van der Waals surface area (Å²) < 4.78 is 0. The number of aliphatic hydroxyl groups is 1. The zero-order valence-electron chi connectivity index (χ0n) is 11.3. The average molecular weight is 305 g/mol. The molecule has 1 aliphatic rings. The van der Waals surface area contributed by atoms with E-state index in [2.05, 4.69) is 41.0 Å². The van der Waals surface area contributed by atoms with Crippen molar-refractivity contribution in [3.63, 3.8) is 0 Å². The average Bonchev–Trinajstić information content (AvgIpc) is 3.10. The molecule has 106 valence electrons. The Bertz CT molecular complexity index is 547. The molecule has 1 aromatic carbocycles. The van der Waals surface area contributed by atoms with Crippen LogP contribution in [0.4, 0.5) is 0 Å². The van der Waals surface area contributed by atoms with Gasteiger partial charge in [0.05, 0.1) is 5.60 Å². The van der Waals surface area contributed by atoms with Gasteiger partial charge < -0.3 is 10.4 Å². The van der Waals surface area contributed by atoms with Crippen LogP contribution in [0.2, 0.25) is 0 Å². The van der Waals surface area contributed by atoms with Crippen molar-refractivity contribution in [3.05, 3.63) is 46.7 Å². The van der Waals surface area contributed by atoms with Gasteiger partial charge in [-0.05, 0) is 34.7 Å². The van der Waals surface area contributed by atoms with E-state index in [4.69, 9.17) is 0 Å². The van der Waals surface area contributed by atoms with Gasteiger partial charge in [0.25, 0.3) is 0 Å². The smallest absolute Gasteiger partial charge is 0.0869 e. The highest BCUT2D eigenvalue weighted by atomic mass is 32.2. The molecule has 2 aromatic rings. The summed E-state index contributed by atoms with van der Waals surface area (Å²) >= 11 is 3.62. The molecule has 1 saturated heterocycles. The largest absolute Gasteiger partial charge is 0.388 e. The number of thiophene rings is 1. The van der Waals surface area contributed by atoms with E-state index in [-0.39, 0.29) is 0 Å². The van der Waals surface area contributed by atoms with Crippen LogP contribution in [0.3, 0.4) is 0 Å². The molecule has 2 heterocycles. The summed E-state index contributed by atoms with van der Waals surface area (Å²) in [6.07, 6.45) is 0.907. The summed E-state index contributed by atoms with van der Waals surface area (Å²) in [7, 11) is 0. The molecular weight excluding hydrogens is 286 g/mol. The van der Waals surface area contributed by atoms with Gasteiger partial charge in [-0.3, -0.25) is 0 Å². The summed E-state index contributed by atoms with van der Waals surface area (Å²) in [5.41, 5.74) is 2.05. The maximum Gasteiger partial charge on any atom is 0.0869 e. The van der Waals surface area contributed by atoms with Crippen molar-refractivity contribution in [3.8, 4) is 11.1 Å². The van der Waals surface area contributed by atoms with Gasteiger partial charge in [-0.25, -0.2) is 0 Å². The topological polar surface area (TPSA) is 32.3 Å². The molecule has 4 heteroatoms. The minimum atomic E-state index is -0.496. The van der Waals surface area contributed by atoms with Gasteiger partial charge in [-0.15, -0.1) is 11.3 Å². The lowest BCUT2D eigenvalue weighted by atomic mass is 10.0. The van der Waals surface area contributed by atoms with E-state index in [0.29, 0.717) is 6.54 Å². The molecule has 1 aliphatic heterocycles. The van der Waals surface area contributed by atoms with E-state index in [1.807, 2.05) is 17.8 Å². The van der Waals surface area contributed by atoms with Crippen LogP contribution in [0.15, 0.2) is 41.8 Å². The second-order valence-electron chi connectivity index (χ2n) is 5.30. The Morgan fingerprint density at radius 2 is 2.05 bits per heavy atom. The molecule has 3 rings (SSSR count). The first-order valence-electron chi connectivity index (χ1n) is 6.89. The summed E-state index contributed by atoms with van der Waals surface area (Å²) in [6, 6.07) is 12.7. The van der Waals surface area contributed by atoms with Gasteiger partial charge in [0.2, 0.25) is 0 Å². The lowest BCUT2D eigenvalue weighted by molar-refractivity contribution is 0.0675. The molecule has 2 nitrogen and oxygen atoms in total. The second-order valence-corrected chi connectivity index (χ2v) is 7.40. The number of thioether (sulfide) groups is 1. The minimum Gasteiger partial charge on any atom is -0.388 e. The Balaban J connectivity index is 1.55. The first kappa shape index (κ1) is 14.1. The highest BCUT2D eigenvalue weighted by Gasteiger charge is 2.30. The lowest BCUT2D eigenvalue weighted by Gasteiger charge is -2.21. The highest BCUT2D eigenvalue weighted by Crippen LogP contribution is 2.28. The van der Waals surface area contributed by atoms with Crippen molar-refractivity contribution in [2.75, 3.05) is 18.1 Å². The molecule has 0 saturated carbocycles. The fourth-order valence-electron chi connectivity index (χ4n) is 2.41. The van der Waals surface area contributed by atoms with Crippen LogP contribution in [0, 0.1) is 0 Å². The summed E-state index contributed by atoms with van der Waals surface area (Å²) in [6.45, 7) is 1.53. The van der Waals surface area contributed by atoms with E-state index in [9.17, 15) is 5.11 Å². The van der Waals surface area contributed by atoms with E-state index < -0.39 is 5.60 Å². The zero-order chi connectivity index (χ0) is 13.8. The van der Waals surface area contributed by atoms with Crippen LogP contribution in [0.25, 0.3) is 11.1 Å². The summed E-state index contributed by atoms with van der Waals surface area (Å²) in [5.74, 6) is 1.94. The van der Waals surface area contributed by atoms with Crippen LogP contribution >= 0.6 is 23.1 Å². The van der Waals surface area contributed by atoms with E-state index in [0.717, 1.165) is 24.5 Å². The SMILES string of the molecule is OC1(CNCc2cc(-c3ccccc3)cs2)CCSC1. The van der Waals surface area contributed by atoms with Crippen LogP contribution in [0.5, 0.6) is 0 Å². The third kappa shape index (κ3) is 3.44. The summed E-state index contributed by atoms with van der Waals surface area (Å²) in [5, 5.41) is 15.9. The van der Waals surface area contributed by atoms with Crippen molar-refractivity contribution in [2.24, 2.45) is 0 Å². The minimum absolute atomic E-state index is 0.496. The van der Waals surface area contributed by atoms with Crippen LogP contribution in [-0.4, -0.2) is 28.8 Å². The van der Waals surface area contributed by atoms with Crippen molar-refractivity contribution in [2.45, 2.75) is 18.6 Å². The highest BCUT2D eigenvalue weighted by molar-refractivity contribution is 7.99. The first-order valence-corrected chi connectivity index (χ1v) is 8.92. The third-order valence-corrected chi connectivity index (χ3v) is 5.77. The molecule has 0 bridgehead atoms. The Hall–Kier alpha value is -0.810. The first-order chi connectivity index (χ1) is 9.75. The number of rotatable bonds is 5. The van der Waals surface area contributed by atoms with Gasteiger partial charge in [-0.2, -0.15) is 11.8 Å². The van der Waals surface area contributed by atoms with Gasteiger partial charge in [0, 0.05) is 23.7 Å². The van der Waals surface area contributed by atoms with E-state index in [1.165, 1.54) is 16.0 Å². The van der Waals surface area contributed by atoms with Crippen LogP contribution in [0.1, 0.15) is 11.3 Å². The number of benzene rings is 1. The maximum absolute atomic E-state index is 10.3. The van der Waals surface area contributed by atoms with Crippen molar-refractivity contribution in [1.82, 2.24) is 5.32 Å². The number of hydrogen-bond donors (Lipinski definition) is 2. The van der Waals surface area contributed by atoms with Crippen molar-refractivity contribution >= 4 is 23.1 Å². The summed E-state index contributed by atoms with van der Waals surface area (Å²) in [4.78, 5) is 1.32. The van der Waals surface area contributed by atoms with Gasteiger partial charge >= 0.3 is 0 Å². The van der Waals surface area contributed by atoms with E-state index in [1.54, 1.807) is 11.3 Å². The fraction of sp³-hybridized carbons (Fsp3) is 0.375. The standard InChI is InChI=1S/C16H19NOS2/c18-16(6-7-19-12-16)11-17-9-15-8-14(10-20-15)13-4-2-1-3-5-13/h1-5,8,10,17-18H,6-7,9,11-12H2. The molecule has 1 aromatic heterocycles. The molecular formula is C16H19NOS2. The zero-order valence-corrected chi connectivity index (χ0v) is 13.0. The van der Waals surface area contributed by atoms with E-state index >= 15 is 0 Å². The molecule has 2 N–H and O–H groups in total. The predicted octanol–water partition coefficient (Wildman–Crippen LogP) is 3.37. The van der Waals surface area contributed by atoms with Crippen LogP contribution in [-0.2, 0) is 6.54 Å². The molecule has 0 amide bonds. The fourth-order valence-corrected chi connectivity index (χ4v) is 4.57. The van der Waals surface area contributed by atoms with Crippen LogP contribution < -0.4 is 5.32 Å². The molecule has 0 aliphatic carbocycles. The third-order valence-electron chi connectivity index (χ3n) is 3.60. The molecule has 1 atom stereocenters. The number of hydrogen-bond acceptors (Lipinski definition) is 4. The quantitative estimate of drug-likeness (QED) is 0.888. The lowest BCUT2D eigenvalue weighted by Crippen LogP contribution is -2.40. The number of nitrogens with one attached hydrogen (secondary N) is 1. The monoisotopic (exact) mass is 305 g/mol. The van der Waals surface area contributed by atoms with Gasteiger partial charge in [0.1, 0.15) is 0 Å². The second kappa shape index (κ2) is 6.31. The Labute approximate surface area is 128 Å². The molecule has 20 heavy (non-hydrogen) atoms. The molecule has 1 fully saturated rings. The van der Waals surface area contributed by atoms with Gasteiger partial charge in [-0.1, -0.05) is 30.3 Å². The Kier molecular flexibility index (Phi) is 4.46. The maximum atomic E-state index is 10.3. The molecule has 0 radical (unpaired) electrons.